The van der Waals surface area contributed by atoms with Crippen molar-refractivity contribution in [2.24, 2.45) is 11.5 Å². The Morgan fingerprint density at radius 3 is 2.12 bits per heavy atom. The molecule has 2 aliphatic heterocycles. The third-order valence-electron chi connectivity index (χ3n) is 8.85. The quantitative estimate of drug-likeness (QED) is 0.164. The molecule has 3 aromatic carbocycles. The summed E-state index contributed by atoms with van der Waals surface area (Å²) in [7, 11) is 0. The molecule has 1 unspecified atom stereocenters. The third-order valence-corrected chi connectivity index (χ3v) is 8.85. The Hall–Kier alpha value is -5.66. The van der Waals surface area contributed by atoms with Crippen LogP contribution in [-0.2, 0) is 45.2 Å². The molecule has 1 atom stereocenters. The van der Waals surface area contributed by atoms with Gasteiger partial charge in [-0.15, -0.1) is 5.48 Å². The van der Waals surface area contributed by atoms with Gasteiger partial charge in [0.15, 0.2) is 11.5 Å². The molecule has 51 heavy (non-hydrogen) atoms. The maximum atomic E-state index is 13.6. The van der Waals surface area contributed by atoms with Crippen LogP contribution in [0.1, 0.15) is 63.8 Å². The molecule has 2 aliphatic rings. The van der Waals surface area contributed by atoms with Gasteiger partial charge in [0.1, 0.15) is 30.5 Å². The van der Waals surface area contributed by atoms with Crippen LogP contribution in [0.4, 0.5) is 0 Å². The van der Waals surface area contributed by atoms with Crippen molar-refractivity contribution in [2.75, 3.05) is 26.3 Å². The van der Waals surface area contributed by atoms with Crippen molar-refractivity contribution in [1.29, 1.82) is 0 Å². The average Bonchev–Trinajstić information content (AvgIpc) is 3.79. The number of carbonyl (C=O) groups excluding carboxylic acids is 3. The molecule has 4 aromatic rings. The summed E-state index contributed by atoms with van der Waals surface area (Å²) in [6, 6.07) is 23.7. The Morgan fingerprint density at radius 2 is 1.53 bits per heavy atom. The summed E-state index contributed by atoms with van der Waals surface area (Å²) >= 11 is 0. The van der Waals surface area contributed by atoms with Crippen molar-refractivity contribution in [2.45, 2.75) is 51.4 Å². The Balaban J connectivity index is 1.32. The Labute approximate surface area is 295 Å². The topological polar surface area (TPSA) is 181 Å². The monoisotopic (exact) mass is 695 g/mol. The van der Waals surface area contributed by atoms with Gasteiger partial charge in [-0.1, -0.05) is 79.7 Å². The van der Waals surface area contributed by atoms with Crippen LogP contribution in [-0.4, -0.2) is 59.6 Å². The minimum Gasteiger partial charge on any atom is -0.488 e. The first-order chi connectivity index (χ1) is 24.7. The zero-order valence-corrected chi connectivity index (χ0v) is 28.6. The average molecular weight is 696 g/mol. The standard InChI is InChI=1S/C38H41N5O8/c1-24(2)28-19-27(30(48-22-25-9-5-3-6-10-25)20-31(28)49-23-26-11-7-4-8-12-26)13-14-29-33(34(35(39)44)41-50-29)32-21-38(36(40)45,42-51-32)37(46)43-15-17-47-18-16-43/h3-12,19-21,24,42H,13-18,22-23H2,1-2H3,(H2,39,44)(H2,40,45). The van der Waals surface area contributed by atoms with Crippen molar-refractivity contribution in [3.63, 3.8) is 0 Å². The molecule has 3 amide bonds. The van der Waals surface area contributed by atoms with E-state index in [0.29, 0.717) is 44.3 Å². The molecule has 266 valence electrons. The predicted octanol–water partition coefficient (Wildman–Crippen LogP) is 3.80. The number of morpholine rings is 1. The molecule has 0 saturated carbocycles. The van der Waals surface area contributed by atoms with E-state index in [-0.39, 0.29) is 48.2 Å². The first kappa shape index (κ1) is 35.2. The lowest BCUT2D eigenvalue weighted by Crippen LogP contribution is -2.63. The fraction of sp³-hybridized carbons (Fsp3) is 0.316. The number of nitrogens with one attached hydrogen (secondary N) is 1. The molecular weight excluding hydrogens is 654 g/mol. The molecule has 0 aliphatic carbocycles. The second kappa shape index (κ2) is 15.5. The largest absolute Gasteiger partial charge is 0.488 e. The Morgan fingerprint density at radius 1 is 0.902 bits per heavy atom. The van der Waals surface area contributed by atoms with Gasteiger partial charge in [0.05, 0.1) is 18.8 Å². The number of rotatable bonds is 14. The summed E-state index contributed by atoms with van der Waals surface area (Å²) in [4.78, 5) is 46.0. The second-order valence-corrected chi connectivity index (χ2v) is 12.7. The lowest BCUT2D eigenvalue weighted by atomic mass is 9.94. The number of aryl methyl sites for hydroxylation is 2. The Bertz CT molecular complexity index is 1900. The van der Waals surface area contributed by atoms with Gasteiger partial charge in [-0.05, 0) is 40.7 Å². The van der Waals surface area contributed by atoms with Gasteiger partial charge >= 0.3 is 0 Å². The predicted molar refractivity (Wildman–Crippen MR) is 186 cm³/mol. The second-order valence-electron chi connectivity index (χ2n) is 12.7. The van der Waals surface area contributed by atoms with E-state index in [4.69, 9.17) is 35.0 Å². The highest BCUT2D eigenvalue weighted by molar-refractivity contribution is 6.13. The van der Waals surface area contributed by atoms with Gasteiger partial charge in [0.25, 0.3) is 17.7 Å². The van der Waals surface area contributed by atoms with E-state index in [2.05, 4.69) is 30.6 Å². The lowest BCUT2D eigenvalue weighted by molar-refractivity contribution is -0.148. The zero-order valence-electron chi connectivity index (χ0n) is 28.6. The van der Waals surface area contributed by atoms with Crippen molar-refractivity contribution in [3.05, 3.63) is 118 Å². The number of ether oxygens (including phenoxy) is 3. The highest BCUT2D eigenvalue weighted by atomic mass is 16.7. The summed E-state index contributed by atoms with van der Waals surface area (Å²) in [5.74, 6) is -0.811. The number of nitrogens with two attached hydrogens (primary N) is 2. The van der Waals surface area contributed by atoms with Gasteiger partial charge in [0.2, 0.25) is 5.54 Å². The van der Waals surface area contributed by atoms with Crippen LogP contribution in [0.15, 0.2) is 83.4 Å². The first-order valence-corrected chi connectivity index (χ1v) is 16.8. The summed E-state index contributed by atoms with van der Waals surface area (Å²) in [6.45, 7) is 6.06. The number of carbonyl (C=O) groups is 3. The summed E-state index contributed by atoms with van der Waals surface area (Å²) in [6.07, 6.45) is 1.86. The van der Waals surface area contributed by atoms with E-state index in [0.717, 1.165) is 22.3 Å². The third kappa shape index (κ3) is 7.74. The van der Waals surface area contributed by atoms with E-state index in [1.165, 1.54) is 11.0 Å². The van der Waals surface area contributed by atoms with Crippen LogP contribution >= 0.6 is 0 Å². The fourth-order valence-electron chi connectivity index (χ4n) is 6.03. The lowest BCUT2D eigenvalue weighted by Gasteiger charge is -2.32. The highest BCUT2D eigenvalue weighted by Gasteiger charge is 2.51. The maximum absolute atomic E-state index is 13.6. The van der Waals surface area contributed by atoms with Gasteiger partial charge in [-0.3, -0.25) is 14.4 Å². The van der Waals surface area contributed by atoms with E-state index in [1.54, 1.807) is 0 Å². The van der Waals surface area contributed by atoms with E-state index in [1.807, 2.05) is 66.7 Å². The van der Waals surface area contributed by atoms with Gasteiger partial charge in [0, 0.05) is 31.7 Å². The van der Waals surface area contributed by atoms with Gasteiger partial charge in [-0.25, -0.2) is 0 Å². The number of primary amides is 2. The van der Waals surface area contributed by atoms with Crippen LogP contribution in [0.3, 0.4) is 0 Å². The molecule has 0 bridgehead atoms. The van der Waals surface area contributed by atoms with E-state index >= 15 is 0 Å². The Kier molecular flexibility index (Phi) is 10.7. The van der Waals surface area contributed by atoms with Crippen LogP contribution in [0.2, 0.25) is 0 Å². The SMILES string of the molecule is CC(C)c1cc(CCc2onc(C(N)=O)c2C2=CC(C(N)=O)(C(=O)N3CCOCC3)NO2)c(OCc2ccccc2)cc1OCc1ccccc1. The van der Waals surface area contributed by atoms with Crippen molar-refractivity contribution in [3.8, 4) is 11.5 Å². The number of amides is 3. The summed E-state index contributed by atoms with van der Waals surface area (Å²) < 4.78 is 23.8. The first-order valence-electron chi connectivity index (χ1n) is 16.8. The van der Waals surface area contributed by atoms with Gasteiger partial charge < -0.3 is 39.9 Å². The number of nitrogens with zero attached hydrogens (tertiary/aromatic N) is 2. The number of hydrogen-bond donors (Lipinski definition) is 3. The minimum atomic E-state index is -2.03. The molecule has 3 heterocycles. The molecule has 6 rings (SSSR count). The normalized spacial score (nSPS) is 17.2. The molecule has 0 spiro atoms. The number of aromatic nitrogens is 1. The van der Waals surface area contributed by atoms with Crippen molar-refractivity contribution >= 4 is 23.5 Å². The number of hydrogen-bond acceptors (Lipinski definition) is 10. The summed E-state index contributed by atoms with van der Waals surface area (Å²) in [5, 5.41) is 3.93. The molecule has 1 aromatic heterocycles. The summed E-state index contributed by atoms with van der Waals surface area (Å²) in [5.41, 5.74) is 15.7. The minimum absolute atomic E-state index is 0.0338. The van der Waals surface area contributed by atoms with Crippen molar-refractivity contribution in [1.82, 2.24) is 15.5 Å². The van der Waals surface area contributed by atoms with Crippen molar-refractivity contribution < 1.29 is 38.0 Å². The maximum Gasteiger partial charge on any atom is 0.271 e. The number of hydroxylamine groups is 1. The fourth-order valence-corrected chi connectivity index (χ4v) is 6.03. The van der Waals surface area contributed by atoms with Crippen LogP contribution in [0, 0.1) is 0 Å². The zero-order chi connectivity index (χ0) is 36.0. The molecular formula is C38H41N5O8. The van der Waals surface area contributed by atoms with Crippen LogP contribution < -0.4 is 26.4 Å². The van der Waals surface area contributed by atoms with Crippen LogP contribution in [0.5, 0.6) is 11.5 Å². The molecule has 5 N–H and O–H groups in total. The van der Waals surface area contributed by atoms with Gasteiger partial charge in [-0.2, -0.15) is 0 Å². The smallest absolute Gasteiger partial charge is 0.271 e. The van der Waals surface area contributed by atoms with E-state index in [9.17, 15) is 14.4 Å². The van der Waals surface area contributed by atoms with E-state index < -0.39 is 23.3 Å². The highest BCUT2D eigenvalue weighted by Crippen LogP contribution is 2.37. The molecule has 1 saturated heterocycles. The molecule has 13 nitrogen and oxygen atoms in total. The molecule has 13 heteroatoms. The van der Waals surface area contributed by atoms with Crippen LogP contribution in [0.25, 0.3) is 5.76 Å². The number of benzene rings is 3. The molecule has 1 fully saturated rings. The molecule has 0 radical (unpaired) electrons.